The van der Waals surface area contributed by atoms with Crippen LogP contribution in [0.1, 0.15) is 20.3 Å². The van der Waals surface area contributed by atoms with Crippen molar-refractivity contribution >= 4 is 17.7 Å². The fraction of sp³-hybridized carbons (Fsp3) is 0.519. The van der Waals surface area contributed by atoms with Gasteiger partial charge in [-0.1, -0.05) is 12.1 Å². The number of methoxy groups -OCH3 is 1. The van der Waals surface area contributed by atoms with E-state index in [1.807, 2.05) is 18.2 Å². The van der Waals surface area contributed by atoms with Gasteiger partial charge in [0, 0.05) is 50.8 Å². The van der Waals surface area contributed by atoms with Crippen LogP contribution in [0.5, 0.6) is 5.75 Å². The molecule has 2 fully saturated rings. The molecule has 2 aromatic carbocycles. The van der Waals surface area contributed by atoms with Gasteiger partial charge < -0.3 is 14.4 Å². The minimum absolute atomic E-state index is 0.254. The van der Waals surface area contributed by atoms with E-state index in [4.69, 9.17) is 9.47 Å². The van der Waals surface area contributed by atoms with Crippen LogP contribution in [0, 0.1) is 17.6 Å². The van der Waals surface area contributed by atoms with Gasteiger partial charge in [-0.15, -0.1) is 0 Å². The zero-order chi connectivity index (χ0) is 25.3. The molecule has 5 rings (SSSR count). The molecule has 2 saturated heterocycles. The van der Waals surface area contributed by atoms with Crippen molar-refractivity contribution in [3.63, 3.8) is 0 Å². The van der Waals surface area contributed by atoms with Gasteiger partial charge >= 0.3 is 0 Å². The smallest absolute Gasteiger partial charge is 0.151 e. The summed E-state index contributed by atoms with van der Waals surface area (Å²) < 4.78 is 40.2. The fourth-order valence-electron chi connectivity index (χ4n) is 5.87. The Morgan fingerprint density at radius 1 is 1.14 bits per heavy atom. The highest BCUT2D eigenvalue weighted by Gasteiger charge is 2.51. The van der Waals surface area contributed by atoms with Gasteiger partial charge in [-0.25, -0.2) is 8.78 Å². The Balaban J connectivity index is 1.57. The Morgan fingerprint density at radius 3 is 2.69 bits per heavy atom. The summed E-state index contributed by atoms with van der Waals surface area (Å²) >= 11 is 0. The van der Waals surface area contributed by atoms with Gasteiger partial charge in [0.2, 0.25) is 0 Å². The molecule has 2 unspecified atom stereocenters. The van der Waals surface area contributed by atoms with Gasteiger partial charge in [0.1, 0.15) is 24.6 Å². The van der Waals surface area contributed by atoms with Crippen molar-refractivity contribution in [3.8, 4) is 5.75 Å². The number of halogens is 2. The molecule has 0 aromatic heterocycles. The molecule has 7 nitrogen and oxygen atoms in total. The lowest BCUT2D eigenvalue weighted by molar-refractivity contribution is 0.0561. The molecule has 3 aliphatic rings. The van der Waals surface area contributed by atoms with Gasteiger partial charge in [-0.3, -0.25) is 14.9 Å². The largest absolute Gasteiger partial charge is 0.495 e. The van der Waals surface area contributed by atoms with Crippen LogP contribution in [0.25, 0.3) is 0 Å². The quantitative estimate of drug-likeness (QED) is 0.574. The number of anilines is 2. The van der Waals surface area contributed by atoms with Crippen molar-refractivity contribution in [1.82, 2.24) is 9.91 Å². The highest BCUT2D eigenvalue weighted by Crippen LogP contribution is 2.43. The third-order valence-corrected chi connectivity index (χ3v) is 7.77. The number of benzene rings is 2. The van der Waals surface area contributed by atoms with E-state index >= 15 is 0 Å². The molecule has 36 heavy (non-hydrogen) atoms. The third-order valence-electron chi connectivity index (χ3n) is 7.77. The summed E-state index contributed by atoms with van der Waals surface area (Å²) in [7, 11) is 1.71. The van der Waals surface area contributed by atoms with E-state index in [0.717, 1.165) is 50.2 Å². The third kappa shape index (κ3) is 4.55. The molecule has 0 aliphatic carbocycles. The molecule has 0 bridgehead atoms. The van der Waals surface area contributed by atoms with Crippen LogP contribution in [-0.2, 0) is 4.74 Å². The van der Waals surface area contributed by atoms with Crippen molar-refractivity contribution in [2.75, 3.05) is 63.1 Å². The van der Waals surface area contributed by atoms with Gasteiger partial charge in [0.25, 0.3) is 0 Å². The Labute approximate surface area is 211 Å². The molecule has 0 N–H and O–H groups in total. The number of hydrazine groups is 1. The number of rotatable bonds is 7. The summed E-state index contributed by atoms with van der Waals surface area (Å²) in [5.41, 5.74) is 0.988. The number of para-hydroxylation sites is 2. The van der Waals surface area contributed by atoms with Gasteiger partial charge in [-0.2, -0.15) is 5.01 Å². The average molecular weight is 500 g/mol. The standard InChI is InChI=1S/C27H35F2N5O2/c1-20(2)31-11-12-33(25-6-4-5-7-26(25)35-3)27(16-31,21-10-13-36-15-21)17-32-18-30-19-34(32)24-9-8-22(28)14-23(24)29/h4-9,14,19-21H,10-13,15-18H2,1-3H3. The van der Waals surface area contributed by atoms with E-state index in [1.54, 1.807) is 18.5 Å². The Hall–Kier alpha value is -2.75. The first-order valence-corrected chi connectivity index (χ1v) is 12.6. The lowest BCUT2D eigenvalue weighted by atomic mass is 9.78. The molecule has 194 valence electrons. The van der Waals surface area contributed by atoms with Crippen molar-refractivity contribution in [2.24, 2.45) is 10.9 Å². The SMILES string of the molecule is COc1ccccc1N1CCN(C(C)C)CC1(CN1CN=CN1c1ccc(F)cc1F)C1CCOC1. The van der Waals surface area contributed by atoms with E-state index in [0.29, 0.717) is 25.9 Å². The normalized spacial score (nSPS) is 25.3. The Morgan fingerprint density at radius 2 is 1.97 bits per heavy atom. The number of nitrogens with zero attached hydrogens (tertiary/aromatic N) is 5. The van der Waals surface area contributed by atoms with Crippen LogP contribution in [-0.4, -0.2) is 81.0 Å². The second kappa shape index (κ2) is 10.3. The van der Waals surface area contributed by atoms with Crippen molar-refractivity contribution in [2.45, 2.75) is 31.8 Å². The zero-order valence-electron chi connectivity index (χ0n) is 21.2. The second-order valence-electron chi connectivity index (χ2n) is 10.1. The van der Waals surface area contributed by atoms with E-state index < -0.39 is 11.6 Å². The molecule has 0 radical (unpaired) electrons. The molecule has 0 amide bonds. The number of hydrogen-bond acceptors (Lipinski definition) is 7. The fourth-order valence-corrected chi connectivity index (χ4v) is 5.87. The zero-order valence-corrected chi connectivity index (χ0v) is 21.2. The topological polar surface area (TPSA) is 43.8 Å². The number of aliphatic imine (C=N–C) groups is 1. The first-order valence-electron chi connectivity index (χ1n) is 12.6. The predicted molar refractivity (Wildman–Crippen MR) is 138 cm³/mol. The van der Waals surface area contributed by atoms with Gasteiger partial charge in [0.15, 0.2) is 5.82 Å². The van der Waals surface area contributed by atoms with Crippen LogP contribution >= 0.6 is 0 Å². The Bertz CT molecular complexity index is 1090. The average Bonchev–Trinajstić information content (AvgIpc) is 3.57. The maximum Gasteiger partial charge on any atom is 0.151 e. The summed E-state index contributed by atoms with van der Waals surface area (Å²) in [6, 6.07) is 12.2. The molecule has 2 atom stereocenters. The van der Waals surface area contributed by atoms with Crippen molar-refractivity contribution in [3.05, 3.63) is 54.1 Å². The van der Waals surface area contributed by atoms with E-state index in [2.05, 4.69) is 39.7 Å². The van der Waals surface area contributed by atoms with Crippen LogP contribution in [0.4, 0.5) is 20.2 Å². The van der Waals surface area contributed by atoms with E-state index in [9.17, 15) is 8.78 Å². The summed E-state index contributed by atoms with van der Waals surface area (Å²) in [5.74, 6) is -0.122. The Kier molecular flexibility index (Phi) is 7.14. The van der Waals surface area contributed by atoms with Crippen molar-refractivity contribution < 1.29 is 18.3 Å². The maximum atomic E-state index is 14.8. The lowest BCUT2D eigenvalue weighted by Crippen LogP contribution is -2.71. The first kappa shape index (κ1) is 24.9. The van der Waals surface area contributed by atoms with Crippen LogP contribution in [0.2, 0.25) is 0 Å². The summed E-state index contributed by atoms with van der Waals surface area (Å²) in [5, 5.41) is 3.78. The number of ether oxygens (including phenoxy) is 2. The highest BCUT2D eigenvalue weighted by molar-refractivity contribution is 5.79. The molecular formula is C27H35F2N5O2. The van der Waals surface area contributed by atoms with Crippen LogP contribution in [0.3, 0.4) is 0 Å². The number of piperazine rings is 1. The summed E-state index contributed by atoms with van der Waals surface area (Å²) in [4.78, 5) is 9.48. The first-order chi connectivity index (χ1) is 17.4. The summed E-state index contributed by atoms with van der Waals surface area (Å²) in [6.45, 7) is 9.42. The predicted octanol–water partition coefficient (Wildman–Crippen LogP) is 4.00. The van der Waals surface area contributed by atoms with Crippen LogP contribution < -0.4 is 14.6 Å². The second-order valence-corrected chi connectivity index (χ2v) is 10.1. The van der Waals surface area contributed by atoms with Gasteiger partial charge in [-0.05, 0) is 44.5 Å². The highest BCUT2D eigenvalue weighted by atomic mass is 19.1. The molecule has 3 aliphatic heterocycles. The molecule has 0 spiro atoms. The molecular weight excluding hydrogens is 464 g/mol. The minimum atomic E-state index is -0.611. The van der Waals surface area contributed by atoms with E-state index in [1.165, 1.54) is 12.1 Å². The molecule has 2 aromatic rings. The lowest BCUT2D eigenvalue weighted by Gasteiger charge is -2.57. The van der Waals surface area contributed by atoms with Crippen molar-refractivity contribution in [1.29, 1.82) is 0 Å². The number of hydrogen-bond donors (Lipinski definition) is 0. The summed E-state index contributed by atoms with van der Waals surface area (Å²) in [6.07, 6.45) is 2.57. The van der Waals surface area contributed by atoms with Crippen LogP contribution in [0.15, 0.2) is 47.5 Å². The molecule has 9 heteroatoms. The molecule has 3 heterocycles. The van der Waals surface area contributed by atoms with E-state index in [-0.39, 0.29) is 17.1 Å². The monoisotopic (exact) mass is 499 g/mol. The maximum absolute atomic E-state index is 14.8. The van der Waals surface area contributed by atoms with Gasteiger partial charge in [0.05, 0.1) is 30.6 Å². The molecule has 0 saturated carbocycles. The minimum Gasteiger partial charge on any atom is -0.495 e.